The Morgan fingerprint density at radius 3 is 2.12 bits per heavy atom. The van der Waals surface area contributed by atoms with Crippen molar-refractivity contribution < 1.29 is 13.9 Å². The van der Waals surface area contributed by atoms with Gasteiger partial charge in [-0.3, -0.25) is 0 Å². The lowest BCUT2D eigenvalue weighted by atomic mass is 9.97. The lowest BCUT2D eigenvalue weighted by Gasteiger charge is -2.26. The Balaban J connectivity index is 2.83. The molecule has 0 aliphatic carbocycles. The van der Waals surface area contributed by atoms with E-state index in [0.29, 0.717) is 12.8 Å². The molecule has 0 heterocycles. The first-order valence-electron chi connectivity index (χ1n) is 5.62. The van der Waals surface area contributed by atoms with E-state index in [2.05, 4.69) is 5.32 Å². The van der Waals surface area contributed by atoms with Crippen LogP contribution in [0, 0.1) is 11.6 Å². The number of rotatable bonds is 5. The van der Waals surface area contributed by atoms with Crippen molar-refractivity contribution in [2.75, 3.05) is 17.6 Å². The molecule has 0 aliphatic rings. The summed E-state index contributed by atoms with van der Waals surface area (Å²) in [5.74, 6) is -1.51. The van der Waals surface area contributed by atoms with E-state index in [4.69, 9.17) is 5.73 Å². The van der Waals surface area contributed by atoms with Crippen molar-refractivity contribution in [3.8, 4) is 0 Å². The van der Waals surface area contributed by atoms with Gasteiger partial charge in [0, 0.05) is 12.2 Å². The molecular weight excluding hydrogens is 226 g/mol. The second-order valence-electron chi connectivity index (χ2n) is 4.14. The van der Waals surface area contributed by atoms with Crippen LogP contribution in [0.5, 0.6) is 0 Å². The third kappa shape index (κ3) is 3.30. The monoisotopic (exact) mass is 244 g/mol. The van der Waals surface area contributed by atoms with Gasteiger partial charge in [0.05, 0.1) is 5.60 Å². The van der Waals surface area contributed by atoms with Crippen molar-refractivity contribution in [1.29, 1.82) is 0 Å². The number of anilines is 2. The van der Waals surface area contributed by atoms with E-state index in [9.17, 15) is 13.9 Å². The molecule has 0 spiro atoms. The van der Waals surface area contributed by atoms with Crippen molar-refractivity contribution in [3.63, 3.8) is 0 Å². The van der Waals surface area contributed by atoms with Crippen molar-refractivity contribution in [3.05, 3.63) is 23.8 Å². The molecule has 0 unspecified atom stereocenters. The van der Waals surface area contributed by atoms with Crippen LogP contribution in [0.25, 0.3) is 0 Å². The summed E-state index contributed by atoms with van der Waals surface area (Å²) in [5.41, 5.74) is 4.13. The first-order valence-corrected chi connectivity index (χ1v) is 5.62. The highest BCUT2D eigenvalue weighted by molar-refractivity contribution is 5.54. The minimum absolute atomic E-state index is 0.0341. The van der Waals surface area contributed by atoms with E-state index in [0.717, 1.165) is 12.1 Å². The van der Waals surface area contributed by atoms with Gasteiger partial charge in [0.25, 0.3) is 0 Å². The summed E-state index contributed by atoms with van der Waals surface area (Å²) in [7, 11) is 0. The molecule has 0 amide bonds. The van der Waals surface area contributed by atoms with E-state index in [-0.39, 0.29) is 17.9 Å². The van der Waals surface area contributed by atoms with Gasteiger partial charge in [-0.1, -0.05) is 13.8 Å². The molecule has 5 heteroatoms. The highest BCUT2D eigenvalue weighted by atomic mass is 19.1. The minimum atomic E-state index is -0.958. The summed E-state index contributed by atoms with van der Waals surface area (Å²) >= 11 is 0. The third-order valence-electron chi connectivity index (χ3n) is 2.97. The number of hydrogen-bond acceptors (Lipinski definition) is 3. The van der Waals surface area contributed by atoms with Gasteiger partial charge in [0.1, 0.15) is 5.69 Å². The van der Waals surface area contributed by atoms with Gasteiger partial charge >= 0.3 is 0 Å². The van der Waals surface area contributed by atoms with E-state index in [1.165, 1.54) is 0 Å². The number of aliphatic hydroxyl groups is 1. The molecule has 1 rings (SSSR count). The summed E-state index contributed by atoms with van der Waals surface area (Å²) in [6, 6.07) is 2.09. The van der Waals surface area contributed by atoms with Crippen LogP contribution in [0.15, 0.2) is 12.1 Å². The van der Waals surface area contributed by atoms with Crippen LogP contribution in [-0.4, -0.2) is 17.3 Å². The maximum Gasteiger partial charge on any atom is 0.151 e. The number of nitrogens with two attached hydrogens (primary N) is 1. The number of hydrogen-bond donors (Lipinski definition) is 3. The van der Waals surface area contributed by atoms with Gasteiger partial charge in [-0.05, 0) is 25.0 Å². The largest absolute Gasteiger partial charge is 0.399 e. The Kier molecular flexibility index (Phi) is 4.28. The van der Waals surface area contributed by atoms with Gasteiger partial charge in [-0.25, -0.2) is 8.78 Å². The number of nitrogens with one attached hydrogen (secondary N) is 1. The summed E-state index contributed by atoms with van der Waals surface area (Å²) in [4.78, 5) is 0. The topological polar surface area (TPSA) is 58.3 Å². The van der Waals surface area contributed by atoms with Crippen molar-refractivity contribution in [2.45, 2.75) is 32.3 Å². The molecule has 0 bridgehead atoms. The fourth-order valence-electron chi connectivity index (χ4n) is 1.51. The lowest BCUT2D eigenvalue weighted by Crippen LogP contribution is -2.35. The number of benzene rings is 1. The Morgan fingerprint density at radius 1 is 1.24 bits per heavy atom. The number of halogens is 2. The van der Waals surface area contributed by atoms with E-state index < -0.39 is 17.2 Å². The predicted octanol–water partition coefficient (Wildman–Crippen LogP) is 2.51. The van der Waals surface area contributed by atoms with Gasteiger partial charge in [0.2, 0.25) is 0 Å². The standard InChI is InChI=1S/C12H18F2N2O/c1-3-12(17,4-2)7-16-11-9(13)5-8(15)6-10(11)14/h5-6,16-17H,3-4,7,15H2,1-2H3. The van der Waals surface area contributed by atoms with E-state index >= 15 is 0 Å². The predicted molar refractivity (Wildman–Crippen MR) is 64.8 cm³/mol. The minimum Gasteiger partial charge on any atom is -0.399 e. The molecule has 4 N–H and O–H groups in total. The summed E-state index contributed by atoms with van der Waals surface area (Å²) < 4.78 is 26.9. The first kappa shape index (κ1) is 13.7. The fourth-order valence-corrected chi connectivity index (χ4v) is 1.51. The molecule has 3 nitrogen and oxygen atoms in total. The van der Waals surface area contributed by atoms with Crippen LogP contribution >= 0.6 is 0 Å². The van der Waals surface area contributed by atoms with Crippen LogP contribution < -0.4 is 11.1 Å². The molecule has 0 radical (unpaired) electrons. The molecule has 96 valence electrons. The smallest absolute Gasteiger partial charge is 0.151 e. The first-order chi connectivity index (χ1) is 7.91. The second-order valence-corrected chi connectivity index (χ2v) is 4.14. The molecule has 1 aromatic carbocycles. The molecule has 0 fully saturated rings. The molecule has 0 saturated carbocycles. The third-order valence-corrected chi connectivity index (χ3v) is 2.97. The molecule has 0 aromatic heterocycles. The Bertz CT molecular complexity index is 369. The molecule has 1 aromatic rings. The molecule has 17 heavy (non-hydrogen) atoms. The van der Waals surface area contributed by atoms with Crippen LogP contribution in [-0.2, 0) is 0 Å². The van der Waals surface area contributed by atoms with Crippen LogP contribution in [0.2, 0.25) is 0 Å². The summed E-state index contributed by atoms with van der Waals surface area (Å²) in [5, 5.41) is 12.6. The van der Waals surface area contributed by atoms with Crippen LogP contribution in [0.3, 0.4) is 0 Å². The quantitative estimate of drug-likeness (QED) is 0.697. The Hall–Kier alpha value is -1.36. The van der Waals surface area contributed by atoms with E-state index in [1.807, 2.05) is 13.8 Å². The van der Waals surface area contributed by atoms with Crippen molar-refractivity contribution in [2.24, 2.45) is 0 Å². The maximum absolute atomic E-state index is 13.4. The second kappa shape index (κ2) is 5.31. The average Bonchev–Trinajstić information content (AvgIpc) is 2.27. The van der Waals surface area contributed by atoms with E-state index in [1.54, 1.807) is 0 Å². The molecular formula is C12H18F2N2O. The van der Waals surface area contributed by atoms with Gasteiger partial charge in [0.15, 0.2) is 11.6 Å². The van der Waals surface area contributed by atoms with Gasteiger partial charge in [-0.2, -0.15) is 0 Å². The molecule has 0 aliphatic heterocycles. The highest BCUT2D eigenvalue weighted by Gasteiger charge is 2.23. The SMILES string of the molecule is CCC(O)(CC)CNc1c(F)cc(N)cc1F. The van der Waals surface area contributed by atoms with Crippen molar-refractivity contribution in [1.82, 2.24) is 0 Å². The van der Waals surface area contributed by atoms with Gasteiger partial charge < -0.3 is 16.2 Å². The van der Waals surface area contributed by atoms with Gasteiger partial charge in [-0.15, -0.1) is 0 Å². The summed E-state index contributed by atoms with van der Waals surface area (Å²) in [6.07, 6.45) is 1.02. The zero-order valence-corrected chi connectivity index (χ0v) is 10.1. The van der Waals surface area contributed by atoms with Crippen molar-refractivity contribution >= 4 is 11.4 Å². The van der Waals surface area contributed by atoms with Crippen LogP contribution in [0.4, 0.5) is 20.2 Å². The lowest BCUT2D eigenvalue weighted by molar-refractivity contribution is 0.0456. The zero-order valence-electron chi connectivity index (χ0n) is 10.1. The summed E-state index contributed by atoms with van der Waals surface area (Å²) in [6.45, 7) is 3.74. The fraction of sp³-hybridized carbons (Fsp3) is 0.500. The Morgan fingerprint density at radius 2 is 1.71 bits per heavy atom. The maximum atomic E-state index is 13.4. The van der Waals surface area contributed by atoms with Crippen LogP contribution in [0.1, 0.15) is 26.7 Å². The number of nitrogen functional groups attached to an aromatic ring is 1. The zero-order chi connectivity index (χ0) is 13.1. The molecule has 0 saturated heterocycles. The highest BCUT2D eigenvalue weighted by Crippen LogP contribution is 2.23. The Labute approximate surface area is 99.6 Å². The average molecular weight is 244 g/mol. The normalized spacial score (nSPS) is 11.6. The molecule has 0 atom stereocenters.